The highest BCUT2D eigenvalue weighted by molar-refractivity contribution is 7.13. The summed E-state index contributed by atoms with van der Waals surface area (Å²) in [4.78, 5) is 30.3. The lowest BCUT2D eigenvalue weighted by atomic mass is 10.1. The third kappa shape index (κ3) is 4.40. The van der Waals surface area contributed by atoms with E-state index in [9.17, 15) is 9.59 Å². The van der Waals surface area contributed by atoms with Gasteiger partial charge in [-0.25, -0.2) is 4.98 Å². The van der Waals surface area contributed by atoms with Crippen molar-refractivity contribution in [2.75, 3.05) is 19.7 Å². The summed E-state index contributed by atoms with van der Waals surface area (Å²) in [6.07, 6.45) is 1.78. The van der Waals surface area contributed by atoms with Crippen molar-refractivity contribution in [2.24, 2.45) is 0 Å². The summed E-state index contributed by atoms with van der Waals surface area (Å²) >= 11 is 1.46. The van der Waals surface area contributed by atoms with Gasteiger partial charge in [0.1, 0.15) is 16.5 Å². The number of aromatic nitrogens is 1. The van der Waals surface area contributed by atoms with Gasteiger partial charge in [0.15, 0.2) is 0 Å². The van der Waals surface area contributed by atoms with Gasteiger partial charge in [-0.1, -0.05) is 0 Å². The van der Waals surface area contributed by atoms with Crippen molar-refractivity contribution in [3.63, 3.8) is 0 Å². The van der Waals surface area contributed by atoms with Crippen LogP contribution in [0.3, 0.4) is 0 Å². The van der Waals surface area contributed by atoms with E-state index in [2.05, 4.69) is 10.3 Å². The number of nitrogens with one attached hydrogen (secondary N) is 1. The lowest BCUT2D eigenvalue weighted by Crippen LogP contribution is -2.49. The number of ether oxygens (including phenoxy) is 1. The van der Waals surface area contributed by atoms with Gasteiger partial charge in [-0.3, -0.25) is 9.59 Å². The van der Waals surface area contributed by atoms with Gasteiger partial charge in [-0.15, -0.1) is 11.3 Å². The van der Waals surface area contributed by atoms with Gasteiger partial charge < -0.3 is 15.0 Å². The molecule has 0 radical (unpaired) electrons. The van der Waals surface area contributed by atoms with Crippen LogP contribution in [-0.4, -0.2) is 47.4 Å². The number of hydrogen-bond acceptors (Lipinski definition) is 5. The monoisotopic (exact) mass is 373 g/mol. The highest BCUT2D eigenvalue weighted by Gasteiger charge is 2.26. The molecule has 3 rings (SSSR count). The molecule has 2 amide bonds. The second kappa shape index (κ2) is 8.31. The van der Waals surface area contributed by atoms with E-state index < -0.39 is 0 Å². The SMILES string of the molecule is CCOc1ccc(-c2nc(C(=O)N3CCC[C@@H](NC(C)=O)C3)cs2)cc1. The van der Waals surface area contributed by atoms with Crippen LogP contribution >= 0.6 is 11.3 Å². The number of amides is 2. The normalized spacial score (nSPS) is 17.0. The first-order valence-electron chi connectivity index (χ1n) is 8.82. The second-order valence-electron chi connectivity index (χ2n) is 6.29. The quantitative estimate of drug-likeness (QED) is 0.875. The smallest absolute Gasteiger partial charge is 0.273 e. The number of carbonyl (C=O) groups excluding carboxylic acids is 2. The zero-order chi connectivity index (χ0) is 18.5. The fourth-order valence-electron chi connectivity index (χ4n) is 3.09. The zero-order valence-corrected chi connectivity index (χ0v) is 15.8. The first-order valence-corrected chi connectivity index (χ1v) is 9.70. The molecular formula is C19H23N3O3S. The van der Waals surface area contributed by atoms with Gasteiger partial charge in [0.25, 0.3) is 5.91 Å². The van der Waals surface area contributed by atoms with Crippen molar-refractivity contribution in [1.82, 2.24) is 15.2 Å². The number of carbonyl (C=O) groups is 2. The van der Waals surface area contributed by atoms with Gasteiger partial charge in [0, 0.05) is 37.0 Å². The predicted octanol–water partition coefficient (Wildman–Crippen LogP) is 2.95. The van der Waals surface area contributed by atoms with Crippen LogP contribution in [0.2, 0.25) is 0 Å². The average Bonchev–Trinajstić information content (AvgIpc) is 3.12. The van der Waals surface area contributed by atoms with Gasteiger partial charge in [0.05, 0.1) is 6.61 Å². The fourth-order valence-corrected chi connectivity index (χ4v) is 3.89. The topological polar surface area (TPSA) is 71.5 Å². The minimum absolute atomic E-state index is 0.0226. The van der Waals surface area contributed by atoms with Crippen LogP contribution in [0.25, 0.3) is 10.6 Å². The molecule has 0 saturated carbocycles. The van der Waals surface area contributed by atoms with Crippen molar-refractivity contribution in [2.45, 2.75) is 32.7 Å². The van der Waals surface area contributed by atoms with E-state index in [0.717, 1.165) is 29.2 Å². The molecule has 6 nitrogen and oxygen atoms in total. The number of thiazole rings is 1. The standard InChI is InChI=1S/C19H23N3O3S/c1-3-25-16-8-6-14(7-9-16)18-21-17(12-26-18)19(24)22-10-4-5-15(11-22)20-13(2)23/h6-9,12,15H,3-5,10-11H2,1-2H3,(H,20,23)/t15-/m1/s1. The number of piperidine rings is 1. The summed E-state index contributed by atoms with van der Waals surface area (Å²) in [6, 6.07) is 7.74. The maximum absolute atomic E-state index is 12.8. The Morgan fingerprint density at radius 1 is 1.35 bits per heavy atom. The van der Waals surface area contributed by atoms with Crippen LogP contribution in [0.5, 0.6) is 5.75 Å². The second-order valence-corrected chi connectivity index (χ2v) is 7.14. The lowest BCUT2D eigenvalue weighted by Gasteiger charge is -2.32. The van der Waals surface area contributed by atoms with E-state index in [1.807, 2.05) is 31.2 Å². The van der Waals surface area contributed by atoms with Gasteiger partial charge >= 0.3 is 0 Å². The fraction of sp³-hybridized carbons (Fsp3) is 0.421. The van der Waals surface area contributed by atoms with E-state index in [4.69, 9.17) is 4.74 Å². The molecule has 1 aliphatic rings. The van der Waals surface area contributed by atoms with E-state index in [0.29, 0.717) is 25.4 Å². The molecule has 1 saturated heterocycles. The Bertz CT molecular complexity index is 773. The minimum atomic E-state index is -0.0755. The Balaban J connectivity index is 1.68. The van der Waals surface area contributed by atoms with Crippen LogP contribution < -0.4 is 10.1 Å². The summed E-state index contributed by atoms with van der Waals surface area (Å²) < 4.78 is 5.45. The molecule has 0 spiro atoms. The van der Waals surface area contributed by atoms with Crippen LogP contribution in [0.1, 0.15) is 37.2 Å². The third-order valence-corrected chi connectivity index (χ3v) is 5.14. The number of benzene rings is 1. The molecule has 1 N–H and O–H groups in total. The maximum Gasteiger partial charge on any atom is 0.273 e. The molecular weight excluding hydrogens is 350 g/mol. The lowest BCUT2D eigenvalue weighted by molar-refractivity contribution is -0.120. The number of nitrogens with zero attached hydrogens (tertiary/aromatic N) is 2. The van der Waals surface area contributed by atoms with Crippen molar-refractivity contribution in [1.29, 1.82) is 0 Å². The van der Waals surface area contributed by atoms with E-state index in [-0.39, 0.29) is 17.9 Å². The van der Waals surface area contributed by atoms with Crippen molar-refractivity contribution in [3.8, 4) is 16.3 Å². The van der Waals surface area contributed by atoms with Gasteiger partial charge in [-0.2, -0.15) is 0 Å². The molecule has 1 atom stereocenters. The van der Waals surface area contributed by atoms with E-state index in [1.165, 1.54) is 18.3 Å². The Labute approximate surface area is 157 Å². The molecule has 0 aliphatic carbocycles. The first-order chi connectivity index (χ1) is 12.6. The molecule has 0 bridgehead atoms. The molecule has 0 unspecified atom stereocenters. The predicted molar refractivity (Wildman–Crippen MR) is 101 cm³/mol. The molecule has 7 heteroatoms. The first kappa shape index (κ1) is 18.4. The molecule has 138 valence electrons. The van der Waals surface area contributed by atoms with E-state index in [1.54, 1.807) is 10.3 Å². The largest absolute Gasteiger partial charge is 0.494 e. The maximum atomic E-state index is 12.8. The molecule has 1 aromatic carbocycles. The summed E-state index contributed by atoms with van der Waals surface area (Å²) in [5.41, 5.74) is 1.43. The summed E-state index contributed by atoms with van der Waals surface area (Å²) in [6.45, 7) is 5.32. The molecule has 1 aliphatic heterocycles. The van der Waals surface area contributed by atoms with Gasteiger partial charge in [0.2, 0.25) is 5.91 Å². The summed E-state index contributed by atoms with van der Waals surface area (Å²) in [7, 11) is 0. The van der Waals surface area contributed by atoms with Crippen LogP contribution in [0, 0.1) is 0 Å². The van der Waals surface area contributed by atoms with Crippen LogP contribution in [0.15, 0.2) is 29.6 Å². The third-order valence-electron chi connectivity index (χ3n) is 4.25. The van der Waals surface area contributed by atoms with Crippen molar-refractivity contribution in [3.05, 3.63) is 35.3 Å². The molecule has 1 aromatic heterocycles. The number of hydrogen-bond donors (Lipinski definition) is 1. The Morgan fingerprint density at radius 3 is 2.81 bits per heavy atom. The molecule has 2 heterocycles. The highest BCUT2D eigenvalue weighted by Crippen LogP contribution is 2.26. The number of rotatable bonds is 5. The Hall–Kier alpha value is -2.41. The van der Waals surface area contributed by atoms with Crippen molar-refractivity contribution >= 4 is 23.2 Å². The van der Waals surface area contributed by atoms with E-state index >= 15 is 0 Å². The number of likely N-dealkylation sites (tertiary alicyclic amines) is 1. The highest BCUT2D eigenvalue weighted by atomic mass is 32.1. The molecule has 2 aromatic rings. The minimum Gasteiger partial charge on any atom is -0.494 e. The summed E-state index contributed by atoms with van der Waals surface area (Å²) in [5, 5.41) is 5.52. The average molecular weight is 373 g/mol. The molecule has 26 heavy (non-hydrogen) atoms. The van der Waals surface area contributed by atoms with Crippen molar-refractivity contribution < 1.29 is 14.3 Å². The van der Waals surface area contributed by atoms with Crippen LogP contribution in [0.4, 0.5) is 0 Å². The van der Waals surface area contributed by atoms with Gasteiger partial charge in [-0.05, 0) is 44.0 Å². The summed E-state index contributed by atoms with van der Waals surface area (Å²) in [5.74, 6) is 0.686. The Morgan fingerprint density at radius 2 is 2.12 bits per heavy atom. The molecule has 1 fully saturated rings. The zero-order valence-electron chi connectivity index (χ0n) is 15.0. The van der Waals surface area contributed by atoms with Crippen LogP contribution in [-0.2, 0) is 4.79 Å². The Kier molecular flexibility index (Phi) is 5.88.